The number of carbonyl (C=O) groups is 2. The number of piperazine rings is 1. The highest BCUT2D eigenvalue weighted by Gasteiger charge is 2.30. The second-order valence-corrected chi connectivity index (χ2v) is 7.62. The van der Waals surface area contributed by atoms with Crippen LogP contribution in [0.15, 0.2) is 53.5 Å². The van der Waals surface area contributed by atoms with Crippen molar-refractivity contribution in [1.29, 1.82) is 0 Å². The monoisotopic (exact) mass is 439 g/mol. The van der Waals surface area contributed by atoms with Gasteiger partial charge in [0.1, 0.15) is 17.6 Å². The predicted octanol–water partition coefficient (Wildman–Crippen LogP) is 2.23. The van der Waals surface area contributed by atoms with Crippen molar-refractivity contribution in [3.8, 4) is 5.75 Å². The van der Waals surface area contributed by atoms with Crippen molar-refractivity contribution < 1.29 is 18.7 Å². The standard InChI is InChI=1S/C23H26FN5O3/c1-2-32-19-9-7-18(8-10-19)28-11-13-29(14-12-28)23-26-20(15-21(30)27-23)22(31)25-17-5-3-16(24)4-6-17/h3-10,20H,2,11-15H2,1H3,(H,25,31)(H,26,27,30)/t20-/m0/s1. The van der Waals surface area contributed by atoms with Gasteiger partial charge < -0.3 is 19.9 Å². The maximum Gasteiger partial charge on any atom is 0.249 e. The van der Waals surface area contributed by atoms with E-state index in [-0.39, 0.29) is 18.1 Å². The molecule has 2 aromatic carbocycles. The fraction of sp³-hybridized carbons (Fsp3) is 0.348. The van der Waals surface area contributed by atoms with E-state index in [0.717, 1.165) is 24.5 Å². The van der Waals surface area contributed by atoms with Gasteiger partial charge in [0.25, 0.3) is 0 Å². The highest BCUT2D eigenvalue weighted by atomic mass is 19.1. The zero-order chi connectivity index (χ0) is 22.5. The Morgan fingerprint density at radius 1 is 1.09 bits per heavy atom. The van der Waals surface area contributed by atoms with Gasteiger partial charge in [0.2, 0.25) is 17.8 Å². The van der Waals surface area contributed by atoms with Crippen molar-refractivity contribution >= 4 is 29.1 Å². The van der Waals surface area contributed by atoms with E-state index in [1.807, 2.05) is 36.1 Å². The number of ether oxygens (including phenoxy) is 1. The number of anilines is 2. The molecule has 0 radical (unpaired) electrons. The lowest BCUT2D eigenvalue weighted by atomic mass is 10.1. The van der Waals surface area contributed by atoms with Crippen molar-refractivity contribution in [1.82, 2.24) is 10.2 Å². The first kappa shape index (κ1) is 21.6. The second-order valence-electron chi connectivity index (χ2n) is 7.62. The molecule has 1 atom stereocenters. The normalized spacial score (nSPS) is 18.6. The number of amides is 2. The average molecular weight is 439 g/mol. The summed E-state index contributed by atoms with van der Waals surface area (Å²) in [4.78, 5) is 33.6. The molecule has 0 spiro atoms. The fourth-order valence-electron chi connectivity index (χ4n) is 3.74. The SMILES string of the molecule is CCOc1ccc(N2CCN(C3=N[C@H](C(=O)Nc4ccc(F)cc4)CC(=O)N3)CC2)cc1. The van der Waals surface area contributed by atoms with E-state index in [1.165, 1.54) is 24.3 Å². The summed E-state index contributed by atoms with van der Waals surface area (Å²) < 4.78 is 18.6. The summed E-state index contributed by atoms with van der Waals surface area (Å²) >= 11 is 0. The number of aliphatic imine (C=N–C) groups is 1. The van der Waals surface area contributed by atoms with Crippen LogP contribution in [0.25, 0.3) is 0 Å². The molecule has 0 saturated carbocycles. The highest BCUT2D eigenvalue weighted by Crippen LogP contribution is 2.21. The molecule has 2 heterocycles. The number of hydrogen-bond acceptors (Lipinski definition) is 6. The first-order valence-corrected chi connectivity index (χ1v) is 10.7. The largest absolute Gasteiger partial charge is 0.494 e. The lowest BCUT2D eigenvalue weighted by molar-refractivity contribution is -0.125. The molecule has 9 heteroatoms. The minimum atomic E-state index is -0.826. The van der Waals surface area contributed by atoms with Gasteiger partial charge in [0, 0.05) is 37.6 Å². The van der Waals surface area contributed by atoms with Crippen LogP contribution in [-0.4, -0.2) is 61.5 Å². The molecule has 2 N–H and O–H groups in total. The minimum Gasteiger partial charge on any atom is -0.494 e. The quantitative estimate of drug-likeness (QED) is 0.746. The minimum absolute atomic E-state index is 0.0251. The summed E-state index contributed by atoms with van der Waals surface area (Å²) in [7, 11) is 0. The molecular weight excluding hydrogens is 413 g/mol. The first-order chi connectivity index (χ1) is 15.5. The summed E-state index contributed by atoms with van der Waals surface area (Å²) in [5.74, 6) is 0.246. The third-order valence-electron chi connectivity index (χ3n) is 5.41. The van der Waals surface area contributed by atoms with Crippen molar-refractivity contribution in [2.24, 2.45) is 4.99 Å². The smallest absolute Gasteiger partial charge is 0.249 e. The van der Waals surface area contributed by atoms with Gasteiger partial charge in [0.05, 0.1) is 13.0 Å². The molecule has 0 aliphatic carbocycles. The van der Waals surface area contributed by atoms with Crippen LogP contribution < -0.4 is 20.3 Å². The number of carbonyl (C=O) groups excluding carboxylic acids is 2. The van der Waals surface area contributed by atoms with Gasteiger partial charge in [0.15, 0.2) is 0 Å². The molecule has 32 heavy (non-hydrogen) atoms. The fourth-order valence-corrected chi connectivity index (χ4v) is 3.74. The zero-order valence-electron chi connectivity index (χ0n) is 17.9. The number of nitrogens with one attached hydrogen (secondary N) is 2. The van der Waals surface area contributed by atoms with E-state index in [0.29, 0.717) is 31.3 Å². The first-order valence-electron chi connectivity index (χ1n) is 10.7. The number of guanidine groups is 1. The number of hydrogen-bond donors (Lipinski definition) is 2. The van der Waals surface area contributed by atoms with Crippen LogP contribution in [0.5, 0.6) is 5.75 Å². The van der Waals surface area contributed by atoms with E-state index in [2.05, 4.69) is 20.5 Å². The molecule has 1 fully saturated rings. The number of nitrogens with zero attached hydrogens (tertiary/aromatic N) is 3. The van der Waals surface area contributed by atoms with Crippen LogP contribution in [0.4, 0.5) is 15.8 Å². The summed E-state index contributed by atoms with van der Waals surface area (Å²) in [5.41, 5.74) is 1.57. The average Bonchev–Trinajstić information content (AvgIpc) is 2.81. The Balaban J connectivity index is 1.37. The maximum absolute atomic E-state index is 13.1. The summed E-state index contributed by atoms with van der Waals surface area (Å²) in [5, 5.41) is 5.49. The molecule has 0 unspecified atom stereocenters. The Kier molecular flexibility index (Phi) is 6.53. The van der Waals surface area contributed by atoms with Gasteiger partial charge in [-0.3, -0.25) is 14.9 Å². The molecular formula is C23H26FN5O3. The Labute approximate surface area is 186 Å². The van der Waals surface area contributed by atoms with Crippen LogP contribution in [-0.2, 0) is 9.59 Å². The lowest BCUT2D eigenvalue weighted by Crippen LogP contribution is -2.56. The summed E-state index contributed by atoms with van der Waals surface area (Å²) in [6.45, 7) is 5.44. The van der Waals surface area contributed by atoms with Crippen LogP contribution in [0.2, 0.25) is 0 Å². The predicted molar refractivity (Wildman–Crippen MR) is 120 cm³/mol. The third kappa shape index (κ3) is 5.16. The molecule has 2 aliphatic heterocycles. The van der Waals surface area contributed by atoms with Gasteiger partial charge in [-0.25, -0.2) is 9.38 Å². The van der Waals surface area contributed by atoms with Gasteiger partial charge in [-0.1, -0.05) is 0 Å². The van der Waals surface area contributed by atoms with E-state index in [9.17, 15) is 14.0 Å². The van der Waals surface area contributed by atoms with Gasteiger partial charge in [-0.15, -0.1) is 0 Å². The molecule has 0 aromatic heterocycles. The van der Waals surface area contributed by atoms with Crippen molar-refractivity contribution in [2.45, 2.75) is 19.4 Å². The topological polar surface area (TPSA) is 86.3 Å². The van der Waals surface area contributed by atoms with Crippen molar-refractivity contribution in [2.75, 3.05) is 43.0 Å². The van der Waals surface area contributed by atoms with E-state index < -0.39 is 11.9 Å². The Bertz CT molecular complexity index is 986. The number of benzene rings is 2. The molecule has 2 aromatic rings. The van der Waals surface area contributed by atoms with Crippen LogP contribution >= 0.6 is 0 Å². The van der Waals surface area contributed by atoms with E-state index in [1.54, 1.807) is 0 Å². The molecule has 168 valence electrons. The van der Waals surface area contributed by atoms with Gasteiger partial charge in [-0.05, 0) is 55.5 Å². The molecule has 2 aliphatic rings. The van der Waals surface area contributed by atoms with Crippen LogP contribution in [0.1, 0.15) is 13.3 Å². The second kappa shape index (κ2) is 9.67. The van der Waals surface area contributed by atoms with Gasteiger partial charge >= 0.3 is 0 Å². The highest BCUT2D eigenvalue weighted by molar-refractivity contribution is 6.06. The zero-order valence-corrected chi connectivity index (χ0v) is 17.9. The lowest BCUT2D eigenvalue weighted by Gasteiger charge is -2.38. The maximum atomic E-state index is 13.1. The number of halogens is 1. The molecule has 1 saturated heterocycles. The van der Waals surface area contributed by atoms with E-state index in [4.69, 9.17) is 4.74 Å². The van der Waals surface area contributed by atoms with E-state index >= 15 is 0 Å². The Morgan fingerprint density at radius 2 is 1.75 bits per heavy atom. The molecule has 0 bridgehead atoms. The Hall–Kier alpha value is -3.62. The van der Waals surface area contributed by atoms with Gasteiger partial charge in [-0.2, -0.15) is 0 Å². The number of rotatable bonds is 5. The molecule has 4 rings (SSSR count). The third-order valence-corrected chi connectivity index (χ3v) is 5.41. The van der Waals surface area contributed by atoms with Crippen LogP contribution in [0.3, 0.4) is 0 Å². The summed E-state index contributed by atoms with van der Waals surface area (Å²) in [6, 6.07) is 12.6. The molecule has 8 nitrogen and oxygen atoms in total. The summed E-state index contributed by atoms with van der Waals surface area (Å²) in [6.07, 6.45) is -0.0251. The Morgan fingerprint density at radius 3 is 2.41 bits per heavy atom. The van der Waals surface area contributed by atoms with Crippen molar-refractivity contribution in [3.05, 3.63) is 54.3 Å². The molecule has 2 amide bonds. The van der Waals surface area contributed by atoms with Crippen LogP contribution in [0, 0.1) is 5.82 Å². The van der Waals surface area contributed by atoms with Crippen molar-refractivity contribution in [3.63, 3.8) is 0 Å².